The minimum atomic E-state index is 0.779. The lowest BCUT2D eigenvalue weighted by molar-refractivity contribution is 0.123. The fourth-order valence-corrected chi connectivity index (χ4v) is 2.67. The minimum Gasteiger partial charge on any atom is -0.310 e. The first-order valence-electron chi connectivity index (χ1n) is 7.79. The highest BCUT2D eigenvalue weighted by molar-refractivity contribution is 5.02. The highest BCUT2D eigenvalue weighted by atomic mass is 15.3. The van der Waals surface area contributed by atoms with Crippen LogP contribution in [0.4, 0.5) is 0 Å². The lowest BCUT2D eigenvalue weighted by Crippen LogP contribution is -2.48. The van der Waals surface area contributed by atoms with Gasteiger partial charge in [0, 0.05) is 58.6 Å². The SMILES string of the molecule is CC(C)CN1CCN(CCNCc2ccccn2)CC1. The van der Waals surface area contributed by atoms with Crippen LogP contribution in [0.25, 0.3) is 0 Å². The highest BCUT2D eigenvalue weighted by Gasteiger charge is 2.16. The molecule has 2 heterocycles. The molecule has 1 saturated heterocycles. The second-order valence-electron chi connectivity index (χ2n) is 6.03. The first-order valence-corrected chi connectivity index (χ1v) is 7.79. The van der Waals surface area contributed by atoms with E-state index in [1.807, 2.05) is 18.3 Å². The number of nitrogens with zero attached hydrogens (tertiary/aromatic N) is 3. The standard InChI is InChI=1S/C16H28N4/c1-15(2)14-20-11-9-19(10-12-20)8-7-17-13-16-5-3-4-6-18-16/h3-6,15,17H,7-14H2,1-2H3. The number of rotatable bonds is 7. The molecule has 2 rings (SSSR count). The Labute approximate surface area is 123 Å². The van der Waals surface area contributed by atoms with E-state index in [4.69, 9.17) is 0 Å². The van der Waals surface area contributed by atoms with Crippen molar-refractivity contribution in [1.82, 2.24) is 20.1 Å². The molecule has 4 heteroatoms. The van der Waals surface area contributed by atoms with Crippen molar-refractivity contribution in [2.24, 2.45) is 5.92 Å². The van der Waals surface area contributed by atoms with Gasteiger partial charge in [0.1, 0.15) is 0 Å². The Morgan fingerprint density at radius 2 is 1.90 bits per heavy atom. The molecule has 1 fully saturated rings. The van der Waals surface area contributed by atoms with E-state index in [1.165, 1.54) is 32.7 Å². The Hall–Kier alpha value is -0.970. The zero-order chi connectivity index (χ0) is 14.2. The van der Waals surface area contributed by atoms with Crippen molar-refractivity contribution >= 4 is 0 Å². The summed E-state index contributed by atoms with van der Waals surface area (Å²) in [4.78, 5) is 9.46. The molecule has 0 unspecified atom stereocenters. The molecule has 1 N–H and O–H groups in total. The van der Waals surface area contributed by atoms with Crippen molar-refractivity contribution in [3.05, 3.63) is 30.1 Å². The van der Waals surface area contributed by atoms with Gasteiger partial charge in [0.2, 0.25) is 0 Å². The number of pyridine rings is 1. The lowest BCUT2D eigenvalue weighted by Gasteiger charge is -2.35. The van der Waals surface area contributed by atoms with Gasteiger partial charge in [-0.3, -0.25) is 9.88 Å². The molecule has 1 aliphatic rings. The van der Waals surface area contributed by atoms with Gasteiger partial charge in [0.25, 0.3) is 0 Å². The van der Waals surface area contributed by atoms with E-state index in [-0.39, 0.29) is 0 Å². The second kappa shape index (κ2) is 8.35. The van der Waals surface area contributed by atoms with Crippen LogP contribution in [-0.2, 0) is 6.54 Å². The monoisotopic (exact) mass is 276 g/mol. The molecule has 4 nitrogen and oxygen atoms in total. The summed E-state index contributed by atoms with van der Waals surface area (Å²) in [6, 6.07) is 6.07. The maximum Gasteiger partial charge on any atom is 0.0541 e. The van der Waals surface area contributed by atoms with E-state index in [0.717, 1.165) is 31.2 Å². The summed E-state index contributed by atoms with van der Waals surface area (Å²) in [6.07, 6.45) is 1.85. The van der Waals surface area contributed by atoms with Crippen molar-refractivity contribution < 1.29 is 0 Å². The van der Waals surface area contributed by atoms with Crippen LogP contribution in [0.5, 0.6) is 0 Å². The zero-order valence-corrected chi connectivity index (χ0v) is 12.9. The van der Waals surface area contributed by atoms with Crippen LogP contribution in [0, 0.1) is 5.92 Å². The summed E-state index contributed by atoms with van der Waals surface area (Å²) in [5.74, 6) is 0.779. The molecule has 1 aromatic heterocycles. The van der Waals surface area contributed by atoms with Gasteiger partial charge < -0.3 is 10.2 Å². The average Bonchev–Trinajstić information content (AvgIpc) is 2.46. The van der Waals surface area contributed by atoms with Gasteiger partial charge in [-0.1, -0.05) is 19.9 Å². The molecule has 1 aliphatic heterocycles. The molecule has 0 aromatic carbocycles. The summed E-state index contributed by atoms with van der Waals surface area (Å²) in [6.45, 7) is 13.7. The van der Waals surface area contributed by atoms with Crippen LogP contribution in [0.2, 0.25) is 0 Å². The Balaban J connectivity index is 1.55. The number of hydrogen-bond donors (Lipinski definition) is 1. The molecule has 0 amide bonds. The van der Waals surface area contributed by atoms with E-state index in [2.05, 4.69) is 40.0 Å². The molecule has 0 spiro atoms. The summed E-state index contributed by atoms with van der Waals surface area (Å²) in [5, 5.41) is 3.47. The van der Waals surface area contributed by atoms with Crippen LogP contribution in [0.1, 0.15) is 19.5 Å². The molecular formula is C16H28N4. The van der Waals surface area contributed by atoms with Gasteiger partial charge in [-0.25, -0.2) is 0 Å². The Morgan fingerprint density at radius 3 is 2.55 bits per heavy atom. The van der Waals surface area contributed by atoms with Crippen molar-refractivity contribution in [1.29, 1.82) is 0 Å². The molecule has 0 radical (unpaired) electrons. The van der Waals surface area contributed by atoms with E-state index in [0.29, 0.717) is 0 Å². The lowest BCUT2D eigenvalue weighted by atomic mass is 10.2. The fourth-order valence-electron chi connectivity index (χ4n) is 2.67. The Kier molecular flexibility index (Phi) is 6.43. The molecule has 1 aromatic rings. The maximum absolute atomic E-state index is 4.32. The van der Waals surface area contributed by atoms with Crippen molar-refractivity contribution in [2.75, 3.05) is 45.8 Å². The molecule has 112 valence electrons. The van der Waals surface area contributed by atoms with Gasteiger partial charge in [0.05, 0.1) is 5.69 Å². The average molecular weight is 276 g/mol. The van der Waals surface area contributed by atoms with Gasteiger partial charge in [-0.15, -0.1) is 0 Å². The van der Waals surface area contributed by atoms with E-state index >= 15 is 0 Å². The Bertz CT molecular complexity index is 358. The number of hydrogen-bond acceptors (Lipinski definition) is 4. The molecule has 20 heavy (non-hydrogen) atoms. The smallest absolute Gasteiger partial charge is 0.0541 e. The third-order valence-electron chi connectivity index (χ3n) is 3.73. The van der Waals surface area contributed by atoms with Crippen molar-refractivity contribution in [3.8, 4) is 0 Å². The number of nitrogens with one attached hydrogen (secondary N) is 1. The molecule has 0 aliphatic carbocycles. The molecule has 0 bridgehead atoms. The molecular weight excluding hydrogens is 248 g/mol. The topological polar surface area (TPSA) is 31.4 Å². The van der Waals surface area contributed by atoms with Crippen molar-refractivity contribution in [3.63, 3.8) is 0 Å². The van der Waals surface area contributed by atoms with E-state index in [9.17, 15) is 0 Å². The maximum atomic E-state index is 4.32. The summed E-state index contributed by atoms with van der Waals surface area (Å²) < 4.78 is 0. The second-order valence-corrected chi connectivity index (χ2v) is 6.03. The van der Waals surface area contributed by atoms with E-state index in [1.54, 1.807) is 0 Å². The third-order valence-corrected chi connectivity index (χ3v) is 3.73. The van der Waals surface area contributed by atoms with Crippen LogP contribution >= 0.6 is 0 Å². The predicted octanol–water partition coefficient (Wildman–Crippen LogP) is 1.44. The van der Waals surface area contributed by atoms with Gasteiger partial charge >= 0.3 is 0 Å². The predicted molar refractivity (Wildman–Crippen MR) is 83.7 cm³/mol. The van der Waals surface area contributed by atoms with Crippen LogP contribution in [-0.4, -0.2) is 60.6 Å². The summed E-state index contributed by atoms with van der Waals surface area (Å²) in [5.41, 5.74) is 1.12. The molecule has 0 saturated carbocycles. The van der Waals surface area contributed by atoms with E-state index < -0.39 is 0 Å². The van der Waals surface area contributed by atoms with Crippen molar-refractivity contribution in [2.45, 2.75) is 20.4 Å². The van der Waals surface area contributed by atoms with Crippen LogP contribution in [0.15, 0.2) is 24.4 Å². The van der Waals surface area contributed by atoms with Crippen LogP contribution < -0.4 is 5.32 Å². The quantitative estimate of drug-likeness (QED) is 0.764. The largest absolute Gasteiger partial charge is 0.310 e. The normalized spacial score (nSPS) is 17.8. The number of aromatic nitrogens is 1. The number of piperazine rings is 1. The minimum absolute atomic E-state index is 0.779. The van der Waals surface area contributed by atoms with Gasteiger partial charge in [0.15, 0.2) is 0 Å². The fraction of sp³-hybridized carbons (Fsp3) is 0.688. The summed E-state index contributed by atoms with van der Waals surface area (Å²) in [7, 11) is 0. The highest BCUT2D eigenvalue weighted by Crippen LogP contribution is 2.04. The first kappa shape index (κ1) is 15.4. The zero-order valence-electron chi connectivity index (χ0n) is 12.9. The molecule has 0 atom stereocenters. The van der Waals surface area contributed by atoms with Crippen LogP contribution in [0.3, 0.4) is 0 Å². The van der Waals surface area contributed by atoms with Gasteiger partial charge in [-0.2, -0.15) is 0 Å². The first-order chi connectivity index (χ1) is 9.74. The third kappa shape index (κ3) is 5.57. The van der Waals surface area contributed by atoms with Gasteiger partial charge in [-0.05, 0) is 18.1 Å². The Morgan fingerprint density at radius 1 is 1.15 bits per heavy atom. The summed E-state index contributed by atoms with van der Waals surface area (Å²) >= 11 is 0.